The van der Waals surface area contributed by atoms with Crippen molar-refractivity contribution in [2.45, 2.75) is 19.1 Å². The maximum absolute atomic E-state index is 11.9. The number of carbonyl (C=O) groups is 1. The largest absolute Gasteiger partial charge is 0.445 e. The predicted octanol–water partition coefficient (Wildman–Crippen LogP) is 4.23. The summed E-state index contributed by atoms with van der Waals surface area (Å²) >= 11 is 0. The Morgan fingerprint density at radius 2 is 1.71 bits per heavy atom. The summed E-state index contributed by atoms with van der Waals surface area (Å²) in [5, 5.41) is 2.87. The molecule has 0 spiro atoms. The van der Waals surface area contributed by atoms with Gasteiger partial charge in [-0.25, -0.2) is 4.79 Å². The number of amides is 1. The molecule has 0 saturated carbocycles. The molecule has 3 heteroatoms. The van der Waals surface area contributed by atoms with E-state index in [9.17, 15) is 4.79 Å². The lowest BCUT2D eigenvalue weighted by Crippen LogP contribution is -2.28. The molecule has 21 heavy (non-hydrogen) atoms. The molecular formula is C18H19NO2. The Labute approximate surface area is 125 Å². The van der Waals surface area contributed by atoms with Gasteiger partial charge in [0.2, 0.25) is 0 Å². The lowest BCUT2D eigenvalue weighted by atomic mass is 10.0. The molecule has 0 unspecified atom stereocenters. The molecule has 0 saturated heterocycles. The van der Waals surface area contributed by atoms with Crippen molar-refractivity contribution in [3.05, 3.63) is 84.4 Å². The summed E-state index contributed by atoms with van der Waals surface area (Å²) in [7, 11) is 0. The van der Waals surface area contributed by atoms with Crippen LogP contribution in [0.2, 0.25) is 0 Å². The smallest absolute Gasteiger partial charge is 0.407 e. The minimum atomic E-state index is -0.422. The van der Waals surface area contributed by atoms with Crippen LogP contribution in [0.25, 0.3) is 0 Å². The van der Waals surface area contributed by atoms with Gasteiger partial charge in [0.25, 0.3) is 0 Å². The van der Waals surface area contributed by atoms with Crippen molar-refractivity contribution in [3.63, 3.8) is 0 Å². The number of nitrogens with one attached hydrogen (secondary N) is 1. The van der Waals surface area contributed by atoms with Crippen LogP contribution in [0.3, 0.4) is 0 Å². The first-order valence-corrected chi connectivity index (χ1v) is 6.92. The second kappa shape index (κ2) is 7.90. The molecular weight excluding hydrogens is 262 g/mol. The van der Waals surface area contributed by atoms with Crippen LogP contribution in [0.15, 0.2) is 73.3 Å². The van der Waals surface area contributed by atoms with Crippen molar-refractivity contribution in [1.29, 1.82) is 0 Å². The topological polar surface area (TPSA) is 38.3 Å². The molecule has 2 rings (SSSR count). The minimum Gasteiger partial charge on any atom is -0.445 e. The molecule has 0 aliphatic heterocycles. The van der Waals surface area contributed by atoms with Crippen molar-refractivity contribution in [3.8, 4) is 0 Å². The highest BCUT2D eigenvalue weighted by Crippen LogP contribution is 2.17. The number of rotatable bonds is 6. The van der Waals surface area contributed by atoms with Gasteiger partial charge in [-0.05, 0) is 17.5 Å². The fourth-order valence-corrected chi connectivity index (χ4v) is 2.04. The van der Waals surface area contributed by atoms with Crippen LogP contribution in [0.5, 0.6) is 0 Å². The van der Waals surface area contributed by atoms with Gasteiger partial charge in [0.1, 0.15) is 6.61 Å². The van der Waals surface area contributed by atoms with Gasteiger partial charge in [-0.2, -0.15) is 0 Å². The summed E-state index contributed by atoms with van der Waals surface area (Å²) < 4.78 is 5.24. The maximum atomic E-state index is 11.9. The third-order valence-corrected chi connectivity index (χ3v) is 3.11. The van der Waals surface area contributed by atoms with Crippen molar-refractivity contribution in [2.75, 3.05) is 0 Å². The van der Waals surface area contributed by atoms with E-state index in [0.717, 1.165) is 11.1 Å². The Balaban J connectivity index is 1.91. The Hall–Kier alpha value is -2.55. The van der Waals surface area contributed by atoms with Crippen LogP contribution >= 0.6 is 0 Å². The molecule has 1 amide bonds. The summed E-state index contributed by atoms with van der Waals surface area (Å²) in [5.74, 6) is 0. The molecule has 1 atom stereocenters. The summed E-state index contributed by atoms with van der Waals surface area (Å²) in [5.41, 5.74) is 2.00. The maximum Gasteiger partial charge on any atom is 0.407 e. The Morgan fingerprint density at radius 3 is 2.33 bits per heavy atom. The highest BCUT2D eigenvalue weighted by Gasteiger charge is 2.13. The molecule has 3 nitrogen and oxygen atoms in total. The Morgan fingerprint density at radius 1 is 1.10 bits per heavy atom. The van der Waals surface area contributed by atoms with E-state index in [1.54, 1.807) is 6.08 Å². The van der Waals surface area contributed by atoms with E-state index >= 15 is 0 Å². The van der Waals surface area contributed by atoms with Gasteiger partial charge in [0, 0.05) is 0 Å². The molecule has 0 fully saturated rings. The average molecular weight is 281 g/mol. The molecule has 1 N–H and O–H groups in total. The van der Waals surface area contributed by atoms with Gasteiger partial charge >= 0.3 is 6.09 Å². The first-order chi connectivity index (χ1) is 10.3. The standard InChI is InChI=1S/C18H19NO2/c1-2-9-17(16-12-7-4-8-13-16)19-18(20)21-14-15-10-5-3-6-11-15/h2-8,10-13,17H,1,9,14H2,(H,19,20)/t17-/m1/s1. The molecule has 0 heterocycles. The minimum absolute atomic E-state index is 0.119. The van der Waals surface area contributed by atoms with Crippen LogP contribution in [-0.4, -0.2) is 6.09 Å². The molecule has 0 aromatic heterocycles. The summed E-state index contributed by atoms with van der Waals surface area (Å²) in [6.45, 7) is 4.00. The van der Waals surface area contributed by atoms with E-state index in [1.807, 2.05) is 60.7 Å². The number of alkyl carbamates (subject to hydrolysis) is 1. The lowest BCUT2D eigenvalue weighted by molar-refractivity contribution is 0.135. The van der Waals surface area contributed by atoms with Crippen LogP contribution in [0.1, 0.15) is 23.6 Å². The second-order valence-corrected chi connectivity index (χ2v) is 4.69. The van der Waals surface area contributed by atoms with E-state index in [4.69, 9.17) is 4.74 Å². The number of hydrogen-bond donors (Lipinski definition) is 1. The van der Waals surface area contributed by atoms with E-state index in [0.29, 0.717) is 6.42 Å². The molecule has 108 valence electrons. The van der Waals surface area contributed by atoms with Gasteiger partial charge in [-0.1, -0.05) is 66.7 Å². The third kappa shape index (κ3) is 4.80. The summed E-state index contributed by atoms with van der Waals surface area (Å²) in [4.78, 5) is 11.9. The van der Waals surface area contributed by atoms with Gasteiger partial charge in [0.15, 0.2) is 0 Å². The SMILES string of the molecule is C=CC[C@@H](NC(=O)OCc1ccccc1)c1ccccc1. The van der Waals surface area contributed by atoms with Crippen LogP contribution in [0.4, 0.5) is 4.79 Å². The number of ether oxygens (including phenoxy) is 1. The Bertz CT molecular complexity index is 566. The van der Waals surface area contributed by atoms with Gasteiger partial charge in [-0.15, -0.1) is 6.58 Å². The zero-order valence-corrected chi connectivity index (χ0v) is 11.9. The van der Waals surface area contributed by atoms with Gasteiger partial charge < -0.3 is 10.1 Å². The zero-order chi connectivity index (χ0) is 14.9. The van der Waals surface area contributed by atoms with E-state index < -0.39 is 6.09 Å². The summed E-state index contributed by atoms with van der Waals surface area (Å²) in [6, 6.07) is 19.3. The molecule has 0 bridgehead atoms. The van der Waals surface area contributed by atoms with Crippen LogP contribution in [0, 0.1) is 0 Å². The average Bonchev–Trinajstić information content (AvgIpc) is 2.54. The van der Waals surface area contributed by atoms with E-state index in [1.165, 1.54) is 0 Å². The van der Waals surface area contributed by atoms with E-state index in [2.05, 4.69) is 11.9 Å². The van der Waals surface area contributed by atoms with Crippen LogP contribution < -0.4 is 5.32 Å². The Kier molecular flexibility index (Phi) is 5.59. The molecule has 0 radical (unpaired) electrons. The van der Waals surface area contributed by atoms with Gasteiger partial charge in [0.05, 0.1) is 6.04 Å². The lowest BCUT2D eigenvalue weighted by Gasteiger charge is -2.17. The fraction of sp³-hybridized carbons (Fsp3) is 0.167. The fourth-order valence-electron chi connectivity index (χ4n) is 2.04. The highest BCUT2D eigenvalue weighted by atomic mass is 16.5. The number of hydrogen-bond acceptors (Lipinski definition) is 2. The van der Waals surface area contributed by atoms with Crippen molar-refractivity contribution < 1.29 is 9.53 Å². The molecule has 0 aliphatic carbocycles. The van der Waals surface area contributed by atoms with Crippen molar-refractivity contribution in [1.82, 2.24) is 5.32 Å². The van der Waals surface area contributed by atoms with Crippen molar-refractivity contribution in [2.24, 2.45) is 0 Å². The quantitative estimate of drug-likeness (QED) is 0.805. The molecule has 2 aromatic rings. The molecule has 0 aliphatic rings. The molecule has 2 aromatic carbocycles. The number of benzene rings is 2. The zero-order valence-electron chi connectivity index (χ0n) is 11.9. The summed E-state index contributed by atoms with van der Waals surface area (Å²) in [6.07, 6.45) is 2.02. The van der Waals surface area contributed by atoms with Crippen LogP contribution in [-0.2, 0) is 11.3 Å². The first kappa shape index (κ1) is 14.9. The first-order valence-electron chi connectivity index (χ1n) is 6.92. The third-order valence-electron chi connectivity index (χ3n) is 3.11. The highest BCUT2D eigenvalue weighted by molar-refractivity contribution is 5.68. The normalized spacial score (nSPS) is 11.4. The monoisotopic (exact) mass is 281 g/mol. The van der Waals surface area contributed by atoms with Gasteiger partial charge in [-0.3, -0.25) is 0 Å². The van der Waals surface area contributed by atoms with E-state index in [-0.39, 0.29) is 12.6 Å². The predicted molar refractivity (Wildman–Crippen MR) is 83.8 cm³/mol. The number of carbonyl (C=O) groups excluding carboxylic acids is 1. The van der Waals surface area contributed by atoms with Crippen molar-refractivity contribution >= 4 is 6.09 Å². The second-order valence-electron chi connectivity index (χ2n) is 4.69.